The molecule has 0 aliphatic heterocycles. The topological polar surface area (TPSA) is 12.0 Å². The molecule has 1 nitrogen and oxygen atoms in total. The third kappa shape index (κ3) is 3.25. The van der Waals surface area contributed by atoms with Gasteiger partial charge >= 0.3 is 0 Å². The molecule has 106 valence electrons. The molecule has 0 aromatic heterocycles. The van der Waals surface area contributed by atoms with E-state index in [9.17, 15) is 8.78 Å². The molecule has 1 atom stereocenters. The highest BCUT2D eigenvalue weighted by Gasteiger charge is 2.18. The van der Waals surface area contributed by atoms with E-state index in [0.717, 1.165) is 11.6 Å². The van der Waals surface area contributed by atoms with Crippen LogP contribution >= 0.6 is 15.9 Å². The monoisotopic (exact) mass is 339 g/mol. The van der Waals surface area contributed by atoms with Crippen molar-refractivity contribution in [2.24, 2.45) is 0 Å². The van der Waals surface area contributed by atoms with Crippen molar-refractivity contribution >= 4 is 15.9 Å². The first kappa shape index (κ1) is 15.1. The summed E-state index contributed by atoms with van der Waals surface area (Å²) in [5.74, 6) is -1.68. The second kappa shape index (κ2) is 6.46. The zero-order valence-corrected chi connectivity index (χ0v) is 13.0. The van der Waals surface area contributed by atoms with Gasteiger partial charge in [-0.05, 0) is 53.5 Å². The van der Waals surface area contributed by atoms with E-state index < -0.39 is 11.6 Å². The van der Waals surface area contributed by atoms with Crippen LogP contribution in [0.25, 0.3) is 0 Å². The van der Waals surface area contributed by atoms with Crippen LogP contribution in [0.15, 0.2) is 40.9 Å². The van der Waals surface area contributed by atoms with Crippen LogP contribution in [0, 0.1) is 18.6 Å². The van der Waals surface area contributed by atoms with Crippen LogP contribution in [-0.4, -0.2) is 7.05 Å². The molecule has 0 amide bonds. The molecular weight excluding hydrogens is 324 g/mol. The maximum Gasteiger partial charge on any atom is 0.173 e. The fourth-order valence-electron chi connectivity index (χ4n) is 2.14. The van der Waals surface area contributed by atoms with Crippen molar-refractivity contribution in [3.63, 3.8) is 0 Å². The zero-order valence-electron chi connectivity index (χ0n) is 11.4. The number of hydrogen-bond donors (Lipinski definition) is 1. The lowest BCUT2D eigenvalue weighted by Crippen LogP contribution is -2.20. The van der Waals surface area contributed by atoms with Crippen LogP contribution in [0.3, 0.4) is 0 Å². The van der Waals surface area contributed by atoms with Crippen molar-refractivity contribution < 1.29 is 8.78 Å². The van der Waals surface area contributed by atoms with E-state index in [1.165, 1.54) is 5.56 Å². The summed E-state index contributed by atoms with van der Waals surface area (Å²) in [6, 6.07) is 10.9. The zero-order chi connectivity index (χ0) is 14.7. The number of nitrogens with one attached hydrogen (secondary N) is 1. The number of benzene rings is 2. The Labute approximate surface area is 126 Å². The molecule has 4 heteroatoms. The third-order valence-corrected chi connectivity index (χ3v) is 4.16. The van der Waals surface area contributed by atoms with E-state index in [0.29, 0.717) is 12.0 Å². The predicted octanol–water partition coefficient (Wildman–Crippen LogP) is 4.54. The van der Waals surface area contributed by atoms with Crippen LogP contribution in [0.4, 0.5) is 8.78 Å². The van der Waals surface area contributed by atoms with Gasteiger partial charge in [-0.3, -0.25) is 0 Å². The Morgan fingerprint density at radius 3 is 2.35 bits per heavy atom. The van der Waals surface area contributed by atoms with Crippen molar-refractivity contribution in [3.8, 4) is 0 Å². The lowest BCUT2D eigenvalue weighted by atomic mass is 9.98. The fraction of sp³-hybridized carbons (Fsp3) is 0.250. The second-order valence-electron chi connectivity index (χ2n) is 4.80. The molecule has 0 spiro atoms. The van der Waals surface area contributed by atoms with Gasteiger partial charge in [0.25, 0.3) is 0 Å². The van der Waals surface area contributed by atoms with Gasteiger partial charge in [0.05, 0.1) is 4.47 Å². The average molecular weight is 340 g/mol. The number of aryl methyl sites for hydroxylation is 1. The normalized spacial score (nSPS) is 12.4. The molecule has 2 aromatic rings. The highest BCUT2D eigenvalue weighted by atomic mass is 79.9. The Balaban J connectivity index is 2.29. The Hall–Kier alpha value is -1.26. The van der Waals surface area contributed by atoms with Gasteiger partial charge in [0, 0.05) is 6.04 Å². The molecule has 2 aromatic carbocycles. The molecule has 0 aliphatic rings. The number of rotatable bonds is 4. The number of halogens is 3. The second-order valence-corrected chi connectivity index (χ2v) is 5.59. The molecule has 0 saturated heterocycles. The minimum atomic E-state index is -0.842. The summed E-state index contributed by atoms with van der Waals surface area (Å²) in [5, 5.41) is 3.15. The van der Waals surface area contributed by atoms with Gasteiger partial charge in [-0.25, -0.2) is 8.78 Å². The molecule has 1 unspecified atom stereocenters. The van der Waals surface area contributed by atoms with Gasteiger partial charge < -0.3 is 5.32 Å². The van der Waals surface area contributed by atoms with Gasteiger partial charge in [-0.15, -0.1) is 0 Å². The molecule has 0 fully saturated rings. The van der Waals surface area contributed by atoms with Crippen molar-refractivity contribution in [2.45, 2.75) is 19.4 Å². The SMILES string of the molecule is CNC(Cc1ccc(C)cc1)c1ccc(F)c(F)c1Br. The Morgan fingerprint density at radius 1 is 1.10 bits per heavy atom. The minimum absolute atomic E-state index is 0.0813. The van der Waals surface area contributed by atoms with Crippen molar-refractivity contribution in [2.75, 3.05) is 7.05 Å². The molecule has 0 heterocycles. The van der Waals surface area contributed by atoms with Crippen molar-refractivity contribution in [3.05, 3.63) is 69.2 Å². The number of hydrogen-bond acceptors (Lipinski definition) is 1. The van der Waals surface area contributed by atoms with Crippen LogP contribution in [0.2, 0.25) is 0 Å². The summed E-state index contributed by atoms with van der Waals surface area (Å²) in [4.78, 5) is 0. The van der Waals surface area contributed by atoms with E-state index in [1.807, 2.05) is 38.2 Å². The maximum atomic E-state index is 13.6. The maximum absolute atomic E-state index is 13.6. The average Bonchev–Trinajstić information content (AvgIpc) is 2.45. The van der Waals surface area contributed by atoms with E-state index in [4.69, 9.17) is 0 Å². The summed E-state index contributed by atoms with van der Waals surface area (Å²) in [6.45, 7) is 2.03. The molecule has 0 aliphatic carbocycles. The summed E-state index contributed by atoms with van der Waals surface area (Å²) in [6.07, 6.45) is 0.709. The quantitative estimate of drug-likeness (QED) is 0.806. The van der Waals surface area contributed by atoms with Crippen LogP contribution in [-0.2, 0) is 6.42 Å². The lowest BCUT2D eigenvalue weighted by molar-refractivity contribution is 0.495. The number of likely N-dealkylation sites (N-methyl/N-ethyl adjacent to an activating group) is 1. The summed E-state index contributed by atoms with van der Waals surface area (Å²) in [5.41, 5.74) is 3.06. The molecule has 0 bridgehead atoms. The van der Waals surface area contributed by atoms with Gasteiger partial charge in [0.2, 0.25) is 0 Å². The van der Waals surface area contributed by atoms with Gasteiger partial charge in [0.1, 0.15) is 0 Å². The molecule has 20 heavy (non-hydrogen) atoms. The largest absolute Gasteiger partial charge is 0.313 e. The fourth-order valence-corrected chi connectivity index (χ4v) is 2.74. The summed E-state index contributed by atoms with van der Waals surface area (Å²) < 4.78 is 27.0. The first-order valence-corrected chi connectivity index (χ1v) is 7.18. The Morgan fingerprint density at radius 2 is 1.75 bits per heavy atom. The van der Waals surface area contributed by atoms with Gasteiger partial charge in [-0.2, -0.15) is 0 Å². The molecule has 2 rings (SSSR count). The summed E-state index contributed by atoms with van der Waals surface area (Å²) >= 11 is 3.14. The predicted molar refractivity (Wildman–Crippen MR) is 80.7 cm³/mol. The molecular formula is C16H16BrF2N. The van der Waals surface area contributed by atoms with Crippen LogP contribution in [0.1, 0.15) is 22.7 Å². The third-order valence-electron chi connectivity index (χ3n) is 3.35. The standard InChI is InChI=1S/C16H16BrF2N/c1-10-3-5-11(6-4-10)9-14(20-2)12-7-8-13(18)16(19)15(12)17/h3-8,14,20H,9H2,1-2H3. The highest BCUT2D eigenvalue weighted by Crippen LogP contribution is 2.29. The highest BCUT2D eigenvalue weighted by molar-refractivity contribution is 9.10. The van der Waals surface area contributed by atoms with E-state index in [1.54, 1.807) is 6.07 Å². The Bertz CT molecular complexity index is 596. The van der Waals surface area contributed by atoms with E-state index in [2.05, 4.69) is 21.2 Å². The van der Waals surface area contributed by atoms with Crippen LogP contribution in [0.5, 0.6) is 0 Å². The first-order valence-electron chi connectivity index (χ1n) is 6.39. The lowest BCUT2D eigenvalue weighted by Gasteiger charge is -2.19. The van der Waals surface area contributed by atoms with E-state index >= 15 is 0 Å². The van der Waals surface area contributed by atoms with Crippen molar-refractivity contribution in [1.29, 1.82) is 0 Å². The van der Waals surface area contributed by atoms with Gasteiger partial charge in [0.15, 0.2) is 11.6 Å². The molecule has 0 saturated carbocycles. The molecule has 1 N–H and O–H groups in total. The van der Waals surface area contributed by atoms with Gasteiger partial charge in [-0.1, -0.05) is 35.9 Å². The van der Waals surface area contributed by atoms with Crippen LogP contribution < -0.4 is 5.32 Å². The minimum Gasteiger partial charge on any atom is -0.313 e. The summed E-state index contributed by atoms with van der Waals surface area (Å²) in [7, 11) is 1.81. The smallest absolute Gasteiger partial charge is 0.173 e. The van der Waals surface area contributed by atoms with E-state index in [-0.39, 0.29) is 10.5 Å². The Kier molecular flexibility index (Phi) is 4.89. The molecule has 0 radical (unpaired) electrons. The van der Waals surface area contributed by atoms with Crippen molar-refractivity contribution in [1.82, 2.24) is 5.32 Å². The first-order chi connectivity index (χ1) is 9.52.